The second-order valence-electron chi connectivity index (χ2n) is 5.12. The van der Waals surface area contributed by atoms with Crippen LogP contribution in [0.25, 0.3) is 0 Å². The van der Waals surface area contributed by atoms with E-state index in [0.717, 1.165) is 6.54 Å². The zero-order chi connectivity index (χ0) is 11.1. The van der Waals surface area contributed by atoms with Crippen LogP contribution in [0.5, 0.6) is 0 Å². The molecular weight excluding hydrogens is 184 g/mol. The lowest BCUT2D eigenvalue weighted by Crippen LogP contribution is -2.42. The lowest BCUT2D eigenvalue weighted by atomic mass is 9.99. The Morgan fingerprint density at radius 1 is 1.07 bits per heavy atom. The molecule has 0 radical (unpaired) electrons. The molecule has 2 heteroatoms. The van der Waals surface area contributed by atoms with Gasteiger partial charge in [-0.05, 0) is 31.8 Å². The first-order chi connectivity index (χ1) is 7.24. The number of rotatable bonds is 4. The summed E-state index contributed by atoms with van der Waals surface area (Å²) in [5.74, 6) is 0.662. The molecule has 0 aliphatic carbocycles. The summed E-state index contributed by atoms with van der Waals surface area (Å²) in [5, 5.41) is 0. The summed E-state index contributed by atoms with van der Waals surface area (Å²) in [7, 11) is 0. The molecule has 1 fully saturated rings. The maximum atomic E-state index is 6.21. The Bertz CT molecular complexity index is 151. The van der Waals surface area contributed by atoms with Gasteiger partial charge in [-0.1, -0.05) is 39.5 Å². The number of nitrogens with zero attached hydrogens (tertiary/aromatic N) is 1. The molecule has 2 N–H and O–H groups in total. The van der Waals surface area contributed by atoms with E-state index in [9.17, 15) is 0 Å². The van der Waals surface area contributed by atoms with Gasteiger partial charge in [0.05, 0.1) is 0 Å². The van der Waals surface area contributed by atoms with Gasteiger partial charge >= 0.3 is 0 Å². The van der Waals surface area contributed by atoms with Gasteiger partial charge in [-0.3, -0.25) is 0 Å². The van der Waals surface area contributed by atoms with Crippen LogP contribution >= 0.6 is 0 Å². The highest BCUT2D eigenvalue weighted by molar-refractivity contribution is 4.74. The molecule has 1 rings (SSSR count). The SMILES string of the molecule is CCC(C)C(N)CN1CCCCCCC1. The maximum absolute atomic E-state index is 6.21. The van der Waals surface area contributed by atoms with Gasteiger partial charge in [-0.2, -0.15) is 0 Å². The first-order valence-electron chi connectivity index (χ1n) is 6.72. The van der Waals surface area contributed by atoms with Crippen LogP contribution in [0.3, 0.4) is 0 Å². The van der Waals surface area contributed by atoms with Crippen molar-refractivity contribution in [3.05, 3.63) is 0 Å². The molecule has 0 aromatic carbocycles. The molecule has 2 nitrogen and oxygen atoms in total. The zero-order valence-corrected chi connectivity index (χ0v) is 10.5. The minimum absolute atomic E-state index is 0.370. The molecule has 0 aromatic rings. The summed E-state index contributed by atoms with van der Waals surface area (Å²) in [6, 6.07) is 0.370. The fraction of sp³-hybridized carbons (Fsp3) is 1.00. The summed E-state index contributed by atoms with van der Waals surface area (Å²) < 4.78 is 0. The predicted octanol–water partition coefficient (Wildman–Crippen LogP) is 2.63. The molecule has 0 amide bonds. The number of hydrogen-bond acceptors (Lipinski definition) is 2. The highest BCUT2D eigenvalue weighted by atomic mass is 15.1. The zero-order valence-electron chi connectivity index (χ0n) is 10.5. The van der Waals surface area contributed by atoms with Crippen LogP contribution in [0, 0.1) is 5.92 Å². The van der Waals surface area contributed by atoms with E-state index < -0.39 is 0 Å². The lowest BCUT2D eigenvalue weighted by molar-refractivity contribution is 0.214. The minimum atomic E-state index is 0.370. The fourth-order valence-electron chi connectivity index (χ4n) is 2.28. The highest BCUT2D eigenvalue weighted by Gasteiger charge is 2.15. The third kappa shape index (κ3) is 4.98. The van der Waals surface area contributed by atoms with Gasteiger partial charge in [-0.15, -0.1) is 0 Å². The van der Waals surface area contributed by atoms with Crippen molar-refractivity contribution in [1.82, 2.24) is 4.90 Å². The largest absolute Gasteiger partial charge is 0.326 e. The number of nitrogens with two attached hydrogens (primary N) is 1. The van der Waals surface area contributed by atoms with Crippen molar-refractivity contribution >= 4 is 0 Å². The van der Waals surface area contributed by atoms with Crippen molar-refractivity contribution in [2.45, 2.75) is 58.4 Å². The van der Waals surface area contributed by atoms with Crippen molar-refractivity contribution in [2.75, 3.05) is 19.6 Å². The van der Waals surface area contributed by atoms with E-state index in [1.54, 1.807) is 0 Å². The second-order valence-corrected chi connectivity index (χ2v) is 5.12. The van der Waals surface area contributed by atoms with Crippen LogP contribution in [0.1, 0.15) is 52.4 Å². The minimum Gasteiger partial charge on any atom is -0.326 e. The third-order valence-electron chi connectivity index (χ3n) is 3.79. The van der Waals surface area contributed by atoms with E-state index >= 15 is 0 Å². The van der Waals surface area contributed by atoms with Gasteiger partial charge in [0.25, 0.3) is 0 Å². The topological polar surface area (TPSA) is 29.3 Å². The smallest absolute Gasteiger partial charge is 0.0193 e. The van der Waals surface area contributed by atoms with Gasteiger partial charge in [0, 0.05) is 12.6 Å². The molecule has 0 aromatic heterocycles. The van der Waals surface area contributed by atoms with E-state index in [-0.39, 0.29) is 0 Å². The third-order valence-corrected chi connectivity index (χ3v) is 3.79. The molecule has 2 unspecified atom stereocenters. The molecular formula is C13H28N2. The molecule has 1 aliphatic heterocycles. The van der Waals surface area contributed by atoms with Crippen LogP contribution in [0.15, 0.2) is 0 Å². The van der Waals surface area contributed by atoms with Crippen molar-refractivity contribution in [2.24, 2.45) is 11.7 Å². The van der Waals surface area contributed by atoms with Crippen LogP contribution in [-0.4, -0.2) is 30.6 Å². The van der Waals surface area contributed by atoms with E-state index in [4.69, 9.17) is 5.73 Å². The van der Waals surface area contributed by atoms with Gasteiger partial charge in [-0.25, -0.2) is 0 Å². The van der Waals surface area contributed by atoms with E-state index in [2.05, 4.69) is 18.7 Å². The molecule has 15 heavy (non-hydrogen) atoms. The Morgan fingerprint density at radius 3 is 2.13 bits per heavy atom. The molecule has 0 saturated carbocycles. The Balaban J connectivity index is 2.27. The summed E-state index contributed by atoms with van der Waals surface area (Å²) in [4.78, 5) is 2.58. The molecule has 0 bridgehead atoms. The summed E-state index contributed by atoms with van der Waals surface area (Å²) >= 11 is 0. The van der Waals surface area contributed by atoms with Crippen LogP contribution < -0.4 is 5.73 Å². The molecule has 90 valence electrons. The van der Waals surface area contributed by atoms with Crippen molar-refractivity contribution < 1.29 is 0 Å². The number of likely N-dealkylation sites (tertiary alicyclic amines) is 1. The molecule has 0 spiro atoms. The molecule has 1 aliphatic rings. The van der Waals surface area contributed by atoms with E-state index in [1.807, 2.05) is 0 Å². The van der Waals surface area contributed by atoms with Gasteiger partial charge < -0.3 is 10.6 Å². The Kier molecular flexibility index (Phi) is 6.26. The lowest BCUT2D eigenvalue weighted by Gasteiger charge is -2.29. The van der Waals surface area contributed by atoms with Crippen molar-refractivity contribution in [3.63, 3.8) is 0 Å². The highest BCUT2D eigenvalue weighted by Crippen LogP contribution is 2.13. The average Bonchev–Trinajstić information content (AvgIpc) is 2.20. The molecule has 1 saturated heterocycles. The van der Waals surface area contributed by atoms with E-state index in [0.29, 0.717) is 12.0 Å². The Morgan fingerprint density at radius 2 is 1.60 bits per heavy atom. The fourth-order valence-corrected chi connectivity index (χ4v) is 2.28. The van der Waals surface area contributed by atoms with Gasteiger partial charge in [0.1, 0.15) is 0 Å². The summed E-state index contributed by atoms with van der Waals surface area (Å²) in [6.07, 6.45) is 8.20. The Labute approximate surface area is 95.2 Å². The first kappa shape index (κ1) is 13.0. The molecule has 2 atom stereocenters. The number of hydrogen-bond donors (Lipinski definition) is 1. The predicted molar refractivity (Wildman–Crippen MR) is 67.0 cm³/mol. The van der Waals surface area contributed by atoms with Crippen molar-refractivity contribution in [3.8, 4) is 0 Å². The van der Waals surface area contributed by atoms with Crippen LogP contribution in [0.2, 0.25) is 0 Å². The standard InChI is InChI=1S/C13H28N2/c1-3-12(2)13(14)11-15-9-7-5-4-6-8-10-15/h12-13H,3-11,14H2,1-2H3. The first-order valence-corrected chi connectivity index (χ1v) is 6.72. The maximum Gasteiger partial charge on any atom is 0.0193 e. The van der Waals surface area contributed by atoms with Gasteiger partial charge in [0.2, 0.25) is 0 Å². The Hall–Kier alpha value is -0.0800. The summed E-state index contributed by atoms with van der Waals surface area (Å²) in [5.41, 5.74) is 6.21. The normalized spacial score (nSPS) is 24.2. The quantitative estimate of drug-likeness (QED) is 0.776. The monoisotopic (exact) mass is 212 g/mol. The van der Waals surface area contributed by atoms with Crippen LogP contribution in [0.4, 0.5) is 0 Å². The average molecular weight is 212 g/mol. The summed E-state index contributed by atoms with van der Waals surface area (Å²) in [6.45, 7) is 8.15. The van der Waals surface area contributed by atoms with Crippen LogP contribution in [-0.2, 0) is 0 Å². The molecule has 1 heterocycles. The van der Waals surface area contributed by atoms with Crippen molar-refractivity contribution in [1.29, 1.82) is 0 Å². The second kappa shape index (κ2) is 7.24. The van der Waals surface area contributed by atoms with E-state index in [1.165, 1.54) is 51.6 Å². The van der Waals surface area contributed by atoms with Gasteiger partial charge in [0.15, 0.2) is 0 Å².